The standard InChI is InChI=1S/C19H26ClN3O2/c1-23(12-13-25-17-9-5-4-8-16(17)20)14-18(24)22-19(15-21)10-6-2-3-7-11-19/h4-5,8-9H,2-3,6-7,10-14H2,1H3,(H,22,24). The van der Waals surface area contributed by atoms with Gasteiger partial charge in [0.15, 0.2) is 0 Å². The van der Waals surface area contributed by atoms with Gasteiger partial charge < -0.3 is 10.1 Å². The van der Waals surface area contributed by atoms with Crippen LogP contribution in [0.5, 0.6) is 5.75 Å². The molecule has 1 aliphatic rings. The maximum Gasteiger partial charge on any atom is 0.235 e. The summed E-state index contributed by atoms with van der Waals surface area (Å²) in [4.78, 5) is 14.2. The van der Waals surface area contributed by atoms with E-state index in [0.29, 0.717) is 23.9 Å². The number of nitrogens with one attached hydrogen (secondary N) is 1. The molecule has 2 rings (SSSR count). The number of para-hydroxylation sites is 1. The lowest BCUT2D eigenvalue weighted by atomic mass is 9.92. The second-order valence-corrected chi connectivity index (χ2v) is 7.08. The van der Waals surface area contributed by atoms with Gasteiger partial charge in [-0.25, -0.2) is 0 Å². The molecule has 1 N–H and O–H groups in total. The predicted molar refractivity (Wildman–Crippen MR) is 98.6 cm³/mol. The van der Waals surface area contributed by atoms with Gasteiger partial charge in [-0.2, -0.15) is 5.26 Å². The molecule has 5 nitrogen and oxygen atoms in total. The third-order valence-corrected chi connectivity index (χ3v) is 4.84. The minimum atomic E-state index is -0.692. The number of rotatable bonds is 7. The summed E-state index contributed by atoms with van der Waals surface area (Å²) in [6.45, 7) is 1.28. The predicted octanol–water partition coefficient (Wildman–Crippen LogP) is 3.38. The number of likely N-dealkylation sites (N-methyl/N-ethyl adjacent to an activating group) is 1. The van der Waals surface area contributed by atoms with Crippen molar-refractivity contribution >= 4 is 17.5 Å². The Morgan fingerprint density at radius 3 is 2.64 bits per heavy atom. The Labute approximate surface area is 154 Å². The van der Waals surface area contributed by atoms with Crippen molar-refractivity contribution in [1.82, 2.24) is 10.2 Å². The normalized spacial score (nSPS) is 16.7. The quantitative estimate of drug-likeness (QED) is 0.754. The lowest BCUT2D eigenvalue weighted by molar-refractivity contribution is -0.123. The summed E-state index contributed by atoms with van der Waals surface area (Å²) in [6.07, 6.45) is 5.75. The minimum absolute atomic E-state index is 0.108. The van der Waals surface area contributed by atoms with Crippen molar-refractivity contribution in [3.63, 3.8) is 0 Å². The number of benzene rings is 1. The van der Waals surface area contributed by atoms with E-state index in [-0.39, 0.29) is 12.5 Å². The number of nitriles is 1. The number of halogens is 1. The number of hydrogen-bond acceptors (Lipinski definition) is 4. The first kappa shape index (κ1) is 19.6. The molecular formula is C19H26ClN3O2. The van der Waals surface area contributed by atoms with Crippen LogP contribution in [0.4, 0.5) is 0 Å². The molecule has 1 amide bonds. The topological polar surface area (TPSA) is 65.4 Å². The molecule has 0 saturated heterocycles. The minimum Gasteiger partial charge on any atom is -0.491 e. The average molecular weight is 364 g/mol. The monoisotopic (exact) mass is 363 g/mol. The molecule has 1 fully saturated rings. The van der Waals surface area contributed by atoms with Crippen molar-refractivity contribution in [2.24, 2.45) is 0 Å². The molecule has 25 heavy (non-hydrogen) atoms. The first-order valence-corrected chi connectivity index (χ1v) is 9.21. The van der Waals surface area contributed by atoms with Crippen LogP contribution in [0.2, 0.25) is 5.02 Å². The molecule has 0 radical (unpaired) electrons. The summed E-state index contributed by atoms with van der Waals surface area (Å²) in [5.74, 6) is 0.535. The zero-order valence-electron chi connectivity index (χ0n) is 14.8. The highest BCUT2D eigenvalue weighted by Crippen LogP contribution is 2.26. The SMILES string of the molecule is CN(CCOc1ccccc1Cl)CC(=O)NC1(C#N)CCCCCC1. The van der Waals surface area contributed by atoms with E-state index in [1.807, 2.05) is 30.1 Å². The Morgan fingerprint density at radius 2 is 2.00 bits per heavy atom. The zero-order chi connectivity index (χ0) is 18.1. The summed E-state index contributed by atoms with van der Waals surface area (Å²) in [6, 6.07) is 9.66. The molecule has 0 unspecified atom stereocenters. The van der Waals surface area contributed by atoms with Crippen LogP contribution in [0.1, 0.15) is 38.5 Å². The van der Waals surface area contributed by atoms with Gasteiger partial charge in [-0.15, -0.1) is 0 Å². The van der Waals surface area contributed by atoms with Crippen LogP contribution in [0.3, 0.4) is 0 Å². The van der Waals surface area contributed by atoms with Crippen molar-refractivity contribution in [3.05, 3.63) is 29.3 Å². The van der Waals surface area contributed by atoms with Crippen LogP contribution in [0.25, 0.3) is 0 Å². The fraction of sp³-hybridized carbons (Fsp3) is 0.579. The first-order valence-electron chi connectivity index (χ1n) is 8.83. The Kier molecular flexibility index (Phi) is 7.54. The van der Waals surface area contributed by atoms with Gasteiger partial charge in [-0.1, -0.05) is 49.4 Å². The molecule has 0 aromatic heterocycles. The van der Waals surface area contributed by atoms with Gasteiger partial charge in [0.05, 0.1) is 17.6 Å². The van der Waals surface area contributed by atoms with E-state index >= 15 is 0 Å². The molecule has 0 heterocycles. The fourth-order valence-corrected chi connectivity index (χ4v) is 3.29. The molecule has 6 heteroatoms. The maximum absolute atomic E-state index is 12.3. The lowest BCUT2D eigenvalue weighted by Gasteiger charge is -2.27. The van der Waals surface area contributed by atoms with Crippen LogP contribution < -0.4 is 10.1 Å². The molecule has 1 aliphatic carbocycles. The van der Waals surface area contributed by atoms with Crippen LogP contribution in [0.15, 0.2) is 24.3 Å². The van der Waals surface area contributed by atoms with E-state index in [1.54, 1.807) is 6.07 Å². The molecule has 0 atom stereocenters. The highest BCUT2D eigenvalue weighted by molar-refractivity contribution is 6.32. The van der Waals surface area contributed by atoms with Gasteiger partial charge in [0.1, 0.15) is 17.9 Å². The van der Waals surface area contributed by atoms with Crippen molar-refractivity contribution in [1.29, 1.82) is 5.26 Å². The molecule has 0 bridgehead atoms. The van der Waals surface area contributed by atoms with Gasteiger partial charge >= 0.3 is 0 Å². The zero-order valence-corrected chi connectivity index (χ0v) is 15.5. The smallest absolute Gasteiger partial charge is 0.235 e. The van der Waals surface area contributed by atoms with Gasteiger partial charge in [-0.05, 0) is 32.0 Å². The number of carbonyl (C=O) groups is 1. The molecule has 1 aromatic rings. The summed E-state index contributed by atoms with van der Waals surface area (Å²) in [7, 11) is 1.86. The number of carbonyl (C=O) groups excluding carboxylic acids is 1. The van der Waals surface area contributed by atoms with E-state index in [4.69, 9.17) is 16.3 Å². The Bertz CT molecular complexity index is 607. The van der Waals surface area contributed by atoms with Crippen molar-refractivity contribution in [2.75, 3.05) is 26.7 Å². The van der Waals surface area contributed by atoms with Gasteiger partial charge in [0, 0.05) is 6.54 Å². The van der Waals surface area contributed by atoms with E-state index in [2.05, 4.69) is 11.4 Å². The van der Waals surface area contributed by atoms with E-state index in [9.17, 15) is 10.1 Å². The summed E-state index contributed by atoms with van der Waals surface area (Å²) in [5, 5.41) is 13.1. The molecule has 1 saturated carbocycles. The number of amides is 1. The first-order chi connectivity index (χ1) is 12.0. The van der Waals surface area contributed by atoms with Crippen molar-refractivity contribution in [2.45, 2.75) is 44.1 Å². The van der Waals surface area contributed by atoms with Crippen molar-refractivity contribution < 1.29 is 9.53 Å². The fourth-order valence-electron chi connectivity index (χ4n) is 3.10. The van der Waals surface area contributed by atoms with Gasteiger partial charge in [0.25, 0.3) is 0 Å². The molecule has 0 spiro atoms. The van der Waals surface area contributed by atoms with E-state index in [1.165, 1.54) is 0 Å². The molecule has 136 valence electrons. The Morgan fingerprint density at radius 1 is 1.32 bits per heavy atom. The highest BCUT2D eigenvalue weighted by atomic mass is 35.5. The molecular weight excluding hydrogens is 338 g/mol. The van der Waals surface area contributed by atoms with E-state index < -0.39 is 5.54 Å². The lowest BCUT2D eigenvalue weighted by Crippen LogP contribution is -2.50. The number of nitrogens with zero attached hydrogens (tertiary/aromatic N) is 2. The Hall–Kier alpha value is -1.77. The summed E-state index contributed by atoms with van der Waals surface area (Å²) >= 11 is 6.04. The van der Waals surface area contributed by atoms with Crippen LogP contribution in [0, 0.1) is 11.3 Å². The molecule has 0 aliphatic heterocycles. The van der Waals surface area contributed by atoms with Crippen LogP contribution in [-0.2, 0) is 4.79 Å². The molecule has 1 aromatic carbocycles. The van der Waals surface area contributed by atoms with Gasteiger partial charge in [0.2, 0.25) is 5.91 Å². The second kappa shape index (κ2) is 9.65. The Balaban J connectivity index is 1.75. The van der Waals surface area contributed by atoms with Crippen molar-refractivity contribution in [3.8, 4) is 11.8 Å². The second-order valence-electron chi connectivity index (χ2n) is 6.67. The summed E-state index contributed by atoms with van der Waals surface area (Å²) < 4.78 is 5.64. The summed E-state index contributed by atoms with van der Waals surface area (Å²) in [5.41, 5.74) is -0.692. The average Bonchev–Trinajstić information content (AvgIpc) is 2.82. The third-order valence-electron chi connectivity index (χ3n) is 4.53. The highest BCUT2D eigenvalue weighted by Gasteiger charge is 2.32. The largest absolute Gasteiger partial charge is 0.491 e. The van der Waals surface area contributed by atoms with Gasteiger partial charge in [-0.3, -0.25) is 9.69 Å². The third kappa shape index (κ3) is 6.22. The maximum atomic E-state index is 12.3. The van der Waals surface area contributed by atoms with Crippen LogP contribution >= 0.6 is 11.6 Å². The van der Waals surface area contributed by atoms with Crippen LogP contribution in [-0.4, -0.2) is 43.1 Å². The number of hydrogen-bond donors (Lipinski definition) is 1. The van der Waals surface area contributed by atoms with E-state index in [0.717, 1.165) is 38.5 Å². The number of ether oxygens (including phenoxy) is 1.